The molecule has 0 aromatic heterocycles. The first kappa shape index (κ1) is 33.4. The van der Waals surface area contributed by atoms with Gasteiger partial charge >= 0.3 is 5.97 Å². The predicted octanol–water partition coefficient (Wildman–Crippen LogP) is 11.9. The third kappa shape index (κ3) is 12.0. The Balaban J connectivity index is 1.39. The largest absolute Gasteiger partial charge is 0.494 e. The van der Waals surface area contributed by atoms with Crippen LogP contribution in [0.25, 0.3) is 22.3 Å². The smallest absolute Gasteiger partial charge is 0.306 e. The van der Waals surface area contributed by atoms with Crippen LogP contribution in [0, 0.1) is 0 Å². The van der Waals surface area contributed by atoms with Crippen LogP contribution in [-0.2, 0) is 9.53 Å². The van der Waals surface area contributed by atoms with Crippen molar-refractivity contribution in [2.45, 2.75) is 123 Å². The van der Waals surface area contributed by atoms with Crippen LogP contribution in [0.15, 0.2) is 72.8 Å². The molecular formula is C39H54O3. The molecule has 3 nitrogen and oxygen atoms in total. The summed E-state index contributed by atoms with van der Waals surface area (Å²) in [5.74, 6) is 0.794. The molecule has 0 radical (unpaired) electrons. The second-order valence-electron chi connectivity index (χ2n) is 11.7. The molecule has 0 saturated carbocycles. The third-order valence-corrected chi connectivity index (χ3v) is 8.06. The van der Waals surface area contributed by atoms with E-state index in [1.54, 1.807) is 0 Å². The SMILES string of the molecule is CCCCCCCCCCCCCCCOc1ccc(-c2ccccc2-c2ccc(C(C)OC(=O)CCC)cc2)cc1. The van der Waals surface area contributed by atoms with Crippen LogP contribution in [0.2, 0.25) is 0 Å². The first-order valence-electron chi connectivity index (χ1n) is 16.7. The topological polar surface area (TPSA) is 35.5 Å². The van der Waals surface area contributed by atoms with Crippen molar-refractivity contribution in [3.63, 3.8) is 0 Å². The highest BCUT2D eigenvalue weighted by Crippen LogP contribution is 2.33. The lowest BCUT2D eigenvalue weighted by Gasteiger charge is -2.15. The molecule has 0 fully saturated rings. The fourth-order valence-corrected chi connectivity index (χ4v) is 5.49. The van der Waals surface area contributed by atoms with Crippen LogP contribution in [0.4, 0.5) is 0 Å². The molecule has 0 amide bonds. The molecule has 3 aromatic carbocycles. The standard InChI is InChI=1S/C39H54O3/c1-4-6-7-8-9-10-11-12-13-14-15-16-19-31-41-36-29-27-35(28-30-36)38-22-18-17-21-37(38)34-25-23-33(24-26-34)32(3)42-39(40)20-5-2/h17-18,21-30,32H,4-16,19-20,31H2,1-3H3. The van der Waals surface area contributed by atoms with Gasteiger partial charge in [-0.2, -0.15) is 0 Å². The van der Waals surface area contributed by atoms with E-state index in [9.17, 15) is 4.79 Å². The number of esters is 1. The number of carbonyl (C=O) groups is 1. The van der Waals surface area contributed by atoms with Crippen molar-refractivity contribution in [1.82, 2.24) is 0 Å². The molecule has 1 atom stereocenters. The lowest BCUT2D eigenvalue weighted by Crippen LogP contribution is -2.08. The number of benzene rings is 3. The van der Waals surface area contributed by atoms with Crippen molar-refractivity contribution in [3.05, 3.63) is 78.4 Å². The predicted molar refractivity (Wildman–Crippen MR) is 178 cm³/mol. The molecule has 0 saturated heterocycles. The van der Waals surface area contributed by atoms with E-state index in [1.807, 2.05) is 13.8 Å². The van der Waals surface area contributed by atoms with Crippen LogP contribution in [0.5, 0.6) is 5.75 Å². The normalized spacial score (nSPS) is 11.8. The highest BCUT2D eigenvalue weighted by molar-refractivity contribution is 5.83. The second kappa shape index (κ2) is 19.9. The molecule has 0 N–H and O–H groups in total. The Labute approximate surface area is 256 Å². The van der Waals surface area contributed by atoms with Crippen molar-refractivity contribution < 1.29 is 14.3 Å². The summed E-state index contributed by atoms with van der Waals surface area (Å²) < 4.78 is 11.6. The van der Waals surface area contributed by atoms with Crippen LogP contribution in [-0.4, -0.2) is 12.6 Å². The fourth-order valence-electron chi connectivity index (χ4n) is 5.49. The molecule has 0 bridgehead atoms. The minimum atomic E-state index is -0.249. The molecule has 228 valence electrons. The van der Waals surface area contributed by atoms with E-state index in [-0.39, 0.29) is 12.1 Å². The van der Waals surface area contributed by atoms with Gasteiger partial charge in [0.15, 0.2) is 0 Å². The van der Waals surface area contributed by atoms with Gasteiger partial charge in [0.1, 0.15) is 11.9 Å². The number of carbonyl (C=O) groups excluding carboxylic acids is 1. The van der Waals surface area contributed by atoms with E-state index in [4.69, 9.17) is 9.47 Å². The highest BCUT2D eigenvalue weighted by atomic mass is 16.5. The third-order valence-electron chi connectivity index (χ3n) is 8.06. The average molecular weight is 571 g/mol. The monoisotopic (exact) mass is 570 g/mol. The van der Waals surface area contributed by atoms with E-state index in [1.165, 1.54) is 93.7 Å². The van der Waals surface area contributed by atoms with Gasteiger partial charge in [0.05, 0.1) is 6.61 Å². The number of hydrogen-bond acceptors (Lipinski definition) is 3. The molecule has 3 aromatic rings. The number of ether oxygens (including phenoxy) is 2. The summed E-state index contributed by atoms with van der Waals surface area (Å²) in [7, 11) is 0. The Hall–Kier alpha value is -3.07. The van der Waals surface area contributed by atoms with Gasteiger partial charge < -0.3 is 9.47 Å². The highest BCUT2D eigenvalue weighted by Gasteiger charge is 2.12. The lowest BCUT2D eigenvalue weighted by atomic mass is 9.94. The first-order chi connectivity index (χ1) is 20.6. The maximum absolute atomic E-state index is 11.9. The lowest BCUT2D eigenvalue weighted by molar-refractivity contribution is -0.148. The van der Waals surface area contributed by atoms with E-state index in [0.717, 1.165) is 36.3 Å². The molecule has 0 aliphatic rings. The Kier molecular flexibility index (Phi) is 15.9. The zero-order chi connectivity index (χ0) is 29.8. The maximum atomic E-state index is 11.9. The fraction of sp³-hybridized carbons (Fsp3) is 0.513. The van der Waals surface area contributed by atoms with Crippen LogP contribution >= 0.6 is 0 Å². The number of rotatable bonds is 21. The summed E-state index contributed by atoms with van der Waals surface area (Å²) in [6.07, 6.45) is 18.7. The minimum absolute atomic E-state index is 0.142. The Bertz CT molecular complexity index is 1130. The number of hydrogen-bond donors (Lipinski definition) is 0. The Morgan fingerprint density at radius 3 is 1.57 bits per heavy atom. The van der Waals surface area contributed by atoms with Gasteiger partial charge in [-0.1, -0.05) is 152 Å². The summed E-state index contributed by atoms with van der Waals surface area (Å²) in [5, 5.41) is 0. The molecule has 0 spiro atoms. The van der Waals surface area contributed by atoms with Gasteiger partial charge in [-0.05, 0) is 59.7 Å². The Morgan fingerprint density at radius 1 is 0.595 bits per heavy atom. The molecule has 0 aliphatic heterocycles. The summed E-state index contributed by atoms with van der Waals surface area (Å²) >= 11 is 0. The zero-order valence-electron chi connectivity index (χ0n) is 26.5. The molecule has 1 unspecified atom stereocenters. The zero-order valence-corrected chi connectivity index (χ0v) is 26.5. The summed E-state index contributed by atoms with van der Waals surface area (Å²) in [5.41, 5.74) is 5.69. The molecule has 42 heavy (non-hydrogen) atoms. The van der Waals surface area contributed by atoms with E-state index in [2.05, 4.69) is 79.7 Å². The molecule has 0 heterocycles. The molecule has 3 heteroatoms. The van der Waals surface area contributed by atoms with Crippen LogP contribution in [0.1, 0.15) is 129 Å². The van der Waals surface area contributed by atoms with Gasteiger partial charge in [-0.25, -0.2) is 0 Å². The molecule has 3 rings (SSSR count). The van der Waals surface area contributed by atoms with Crippen molar-refractivity contribution in [3.8, 4) is 28.0 Å². The molecule has 0 aliphatic carbocycles. The van der Waals surface area contributed by atoms with Crippen molar-refractivity contribution in [2.24, 2.45) is 0 Å². The van der Waals surface area contributed by atoms with Gasteiger partial charge in [-0.3, -0.25) is 4.79 Å². The molecular weight excluding hydrogens is 516 g/mol. The Morgan fingerprint density at radius 2 is 1.07 bits per heavy atom. The minimum Gasteiger partial charge on any atom is -0.494 e. The van der Waals surface area contributed by atoms with E-state index >= 15 is 0 Å². The van der Waals surface area contributed by atoms with Gasteiger partial charge in [0, 0.05) is 6.42 Å². The van der Waals surface area contributed by atoms with Gasteiger partial charge in [0.2, 0.25) is 0 Å². The quantitative estimate of drug-likeness (QED) is 0.0943. The summed E-state index contributed by atoms with van der Waals surface area (Å²) in [4.78, 5) is 11.9. The second-order valence-corrected chi connectivity index (χ2v) is 11.7. The van der Waals surface area contributed by atoms with Gasteiger partial charge in [0.25, 0.3) is 0 Å². The van der Waals surface area contributed by atoms with Crippen molar-refractivity contribution in [1.29, 1.82) is 0 Å². The summed E-state index contributed by atoms with van der Waals surface area (Å²) in [6.45, 7) is 6.98. The van der Waals surface area contributed by atoms with E-state index in [0.29, 0.717) is 6.42 Å². The van der Waals surface area contributed by atoms with Crippen LogP contribution in [0.3, 0.4) is 0 Å². The average Bonchev–Trinajstić information content (AvgIpc) is 3.01. The van der Waals surface area contributed by atoms with Crippen molar-refractivity contribution >= 4 is 5.97 Å². The van der Waals surface area contributed by atoms with Crippen molar-refractivity contribution in [2.75, 3.05) is 6.61 Å². The maximum Gasteiger partial charge on any atom is 0.306 e. The van der Waals surface area contributed by atoms with Crippen LogP contribution < -0.4 is 4.74 Å². The number of unbranched alkanes of at least 4 members (excludes halogenated alkanes) is 12. The first-order valence-corrected chi connectivity index (χ1v) is 16.7. The van der Waals surface area contributed by atoms with E-state index < -0.39 is 0 Å². The summed E-state index contributed by atoms with van der Waals surface area (Å²) in [6, 6.07) is 25.3. The van der Waals surface area contributed by atoms with Gasteiger partial charge in [-0.15, -0.1) is 0 Å².